The maximum absolute atomic E-state index is 5.45. The minimum Gasteiger partial charge on any atom is -0.496 e. The molecule has 0 fully saturated rings. The van der Waals surface area contributed by atoms with Crippen LogP contribution in [0.15, 0.2) is 48.7 Å². The summed E-state index contributed by atoms with van der Waals surface area (Å²) in [6, 6.07) is 13.9. The third-order valence-corrected chi connectivity index (χ3v) is 5.38. The zero-order valence-electron chi connectivity index (χ0n) is 14.8. The van der Waals surface area contributed by atoms with Crippen LogP contribution in [-0.2, 0) is 6.42 Å². The Morgan fingerprint density at radius 3 is 2.81 bits per heavy atom. The second-order valence-corrected chi connectivity index (χ2v) is 7.22. The number of imidazole rings is 1. The lowest BCUT2D eigenvalue weighted by Gasteiger charge is -2.05. The molecule has 0 bridgehead atoms. The molecular weight excluding hydrogens is 360 g/mol. The molecule has 0 aliphatic carbocycles. The second kappa shape index (κ2) is 6.17. The fourth-order valence-corrected chi connectivity index (χ4v) is 4.13. The summed E-state index contributed by atoms with van der Waals surface area (Å²) in [6.07, 6.45) is 2.66. The molecule has 0 amide bonds. The van der Waals surface area contributed by atoms with E-state index in [2.05, 4.69) is 21.2 Å². The summed E-state index contributed by atoms with van der Waals surface area (Å²) in [4.78, 5) is 5.38. The van der Waals surface area contributed by atoms with Gasteiger partial charge in [0.1, 0.15) is 22.1 Å². The Morgan fingerprint density at radius 2 is 1.93 bits per heavy atom. The fraction of sp³-hybridized carbons (Fsp3) is 0.158. The topological polar surface area (TPSA) is 69.6 Å². The van der Waals surface area contributed by atoms with Crippen LogP contribution in [0.2, 0.25) is 0 Å². The van der Waals surface area contributed by atoms with Gasteiger partial charge in [-0.05, 0) is 25.1 Å². The van der Waals surface area contributed by atoms with Crippen molar-refractivity contribution in [1.82, 2.24) is 29.2 Å². The minimum atomic E-state index is 0.684. The van der Waals surface area contributed by atoms with E-state index in [4.69, 9.17) is 9.84 Å². The van der Waals surface area contributed by atoms with Gasteiger partial charge in [-0.25, -0.2) is 4.98 Å². The molecule has 0 saturated heterocycles. The van der Waals surface area contributed by atoms with Crippen LogP contribution in [0.4, 0.5) is 0 Å². The first-order valence-electron chi connectivity index (χ1n) is 8.51. The molecule has 0 spiro atoms. The highest BCUT2D eigenvalue weighted by Crippen LogP contribution is 2.27. The zero-order valence-corrected chi connectivity index (χ0v) is 15.6. The molecule has 4 heterocycles. The average Bonchev–Trinajstić information content (AvgIpc) is 3.34. The predicted molar refractivity (Wildman–Crippen MR) is 103 cm³/mol. The zero-order chi connectivity index (χ0) is 18.4. The van der Waals surface area contributed by atoms with Gasteiger partial charge in [0.05, 0.1) is 12.8 Å². The van der Waals surface area contributed by atoms with E-state index in [-0.39, 0.29) is 0 Å². The number of nitrogens with zero attached hydrogens (tertiary/aromatic N) is 6. The van der Waals surface area contributed by atoms with Crippen LogP contribution in [-0.4, -0.2) is 36.3 Å². The fourth-order valence-electron chi connectivity index (χ4n) is 3.27. The molecule has 0 atom stereocenters. The Labute approximate surface area is 158 Å². The van der Waals surface area contributed by atoms with Crippen LogP contribution in [0.1, 0.15) is 16.3 Å². The molecule has 0 aliphatic heterocycles. The van der Waals surface area contributed by atoms with E-state index in [9.17, 15) is 0 Å². The van der Waals surface area contributed by atoms with Crippen molar-refractivity contribution in [2.45, 2.75) is 13.3 Å². The number of hydrogen-bond donors (Lipinski definition) is 0. The van der Waals surface area contributed by atoms with Crippen LogP contribution < -0.4 is 4.74 Å². The van der Waals surface area contributed by atoms with Crippen molar-refractivity contribution in [3.8, 4) is 17.3 Å². The molecule has 0 aliphatic rings. The number of aryl methyl sites for hydroxylation is 1. The lowest BCUT2D eigenvalue weighted by molar-refractivity contribution is 0.410. The third kappa shape index (κ3) is 2.57. The monoisotopic (exact) mass is 376 g/mol. The van der Waals surface area contributed by atoms with Gasteiger partial charge in [-0.1, -0.05) is 35.6 Å². The summed E-state index contributed by atoms with van der Waals surface area (Å²) < 4.78 is 9.27. The van der Waals surface area contributed by atoms with Crippen LogP contribution in [0.3, 0.4) is 0 Å². The Bertz CT molecular complexity index is 1270. The van der Waals surface area contributed by atoms with Crippen molar-refractivity contribution in [1.29, 1.82) is 0 Å². The van der Waals surface area contributed by atoms with Gasteiger partial charge in [0.15, 0.2) is 0 Å². The third-order valence-electron chi connectivity index (χ3n) is 4.48. The molecule has 8 heteroatoms. The molecule has 1 aromatic carbocycles. The minimum absolute atomic E-state index is 0.684. The molecule has 134 valence electrons. The molecule has 5 aromatic rings. The van der Waals surface area contributed by atoms with Crippen molar-refractivity contribution in [2.24, 2.45) is 0 Å². The van der Waals surface area contributed by atoms with Crippen molar-refractivity contribution in [3.63, 3.8) is 0 Å². The van der Waals surface area contributed by atoms with Crippen LogP contribution in [0.25, 0.3) is 22.1 Å². The molecule has 5 rings (SSSR count). The summed E-state index contributed by atoms with van der Waals surface area (Å²) in [5.74, 6) is 1.56. The van der Waals surface area contributed by atoms with E-state index in [1.165, 1.54) is 11.3 Å². The Kier molecular flexibility index (Phi) is 3.64. The first kappa shape index (κ1) is 16.0. The summed E-state index contributed by atoms with van der Waals surface area (Å²) in [5, 5.41) is 14.4. The van der Waals surface area contributed by atoms with Crippen LogP contribution in [0.5, 0.6) is 5.75 Å². The van der Waals surface area contributed by atoms with E-state index in [1.807, 2.05) is 53.9 Å². The average molecular weight is 376 g/mol. The quantitative estimate of drug-likeness (QED) is 0.481. The molecule has 0 radical (unpaired) electrons. The number of aromatic nitrogens is 6. The second-order valence-electron chi connectivity index (χ2n) is 6.18. The highest BCUT2D eigenvalue weighted by molar-refractivity contribution is 7.16. The number of hydrogen-bond acceptors (Lipinski definition) is 6. The van der Waals surface area contributed by atoms with Gasteiger partial charge in [0.25, 0.3) is 0 Å². The summed E-state index contributed by atoms with van der Waals surface area (Å²) >= 11 is 1.53. The summed E-state index contributed by atoms with van der Waals surface area (Å²) in [7, 11) is 1.68. The largest absolute Gasteiger partial charge is 0.496 e. The number of para-hydroxylation sites is 1. The Balaban J connectivity index is 1.61. The standard InChI is InChI=1S/C19H16N6OS/c1-12-17(24-10-6-5-9-15(24)20-12)18-21-22-19-25(18)23-16(27-19)11-13-7-3-4-8-14(13)26-2/h3-10H,11H2,1-2H3. The van der Waals surface area contributed by atoms with Gasteiger partial charge in [0.2, 0.25) is 10.8 Å². The molecule has 0 N–H and O–H groups in total. The maximum atomic E-state index is 5.45. The number of methoxy groups -OCH3 is 1. The highest BCUT2D eigenvalue weighted by atomic mass is 32.1. The van der Waals surface area contributed by atoms with E-state index in [0.717, 1.165) is 38.3 Å². The van der Waals surface area contributed by atoms with Crippen LogP contribution >= 0.6 is 11.3 Å². The number of ether oxygens (including phenoxy) is 1. The predicted octanol–water partition coefficient (Wildman–Crippen LogP) is 3.41. The first-order chi connectivity index (χ1) is 13.2. The van der Waals surface area contributed by atoms with E-state index >= 15 is 0 Å². The van der Waals surface area contributed by atoms with E-state index in [0.29, 0.717) is 12.2 Å². The smallest absolute Gasteiger partial charge is 0.235 e. The number of pyridine rings is 1. The van der Waals surface area contributed by atoms with Crippen molar-refractivity contribution >= 4 is 21.9 Å². The Hall–Kier alpha value is -3.26. The van der Waals surface area contributed by atoms with Crippen molar-refractivity contribution < 1.29 is 4.74 Å². The molecule has 0 saturated carbocycles. The summed E-state index contributed by atoms with van der Waals surface area (Å²) in [6.45, 7) is 1.98. The lowest BCUT2D eigenvalue weighted by atomic mass is 10.1. The molecule has 27 heavy (non-hydrogen) atoms. The first-order valence-corrected chi connectivity index (χ1v) is 9.33. The van der Waals surface area contributed by atoms with Gasteiger partial charge >= 0.3 is 0 Å². The van der Waals surface area contributed by atoms with Gasteiger partial charge in [-0.3, -0.25) is 4.40 Å². The van der Waals surface area contributed by atoms with Crippen molar-refractivity contribution in [3.05, 3.63) is 64.9 Å². The normalized spacial score (nSPS) is 11.5. The molecule has 0 unspecified atom stereocenters. The van der Waals surface area contributed by atoms with E-state index < -0.39 is 0 Å². The van der Waals surface area contributed by atoms with Crippen LogP contribution in [0, 0.1) is 6.92 Å². The number of rotatable bonds is 4. The lowest BCUT2D eigenvalue weighted by Crippen LogP contribution is -1.98. The van der Waals surface area contributed by atoms with Gasteiger partial charge < -0.3 is 4.74 Å². The number of benzene rings is 1. The van der Waals surface area contributed by atoms with E-state index in [1.54, 1.807) is 11.6 Å². The van der Waals surface area contributed by atoms with Crippen molar-refractivity contribution in [2.75, 3.05) is 7.11 Å². The SMILES string of the molecule is COc1ccccc1Cc1nn2c(-c3c(C)nc4ccccn34)nnc2s1. The van der Waals surface area contributed by atoms with Gasteiger partial charge in [0, 0.05) is 18.2 Å². The molecular formula is C19H16N6OS. The Morgan fingerprint density at radius 1 is 1.07 bits per heavy atom. The maximum Gasteiger partial charge on any atom is 0.235 e. The molecule has 4 aromatic heterocycles. The van der Waals surface area contributed by atoms with Gasteiger partial charge in [-0.15, -0.1) is 10.2 Å². The van der Waals surface area contributed by atoms with Gasteiger partial charge in [-0.2, -0.15) is 9.61 Å². The highest BCUT2D eigenvalue weighted by Gasteiger charge is 2.20. The molecule has 7 nitrogen and oxygen atoms in total. The summed E-state index contributed by atoms with van der Waals surface area (Å²) in [5.41, 5.74) is 3.78. The number of fused-ring (bicyclic) bond motifs is 2.